The van der Waals surface area contributed by atoms with Crippen molar-refractivity contribution in [1.29, 1.82) is 0 Å². The molecule has 0 heterocycles. The molecule has 0 spiro atoms. The molecular formula is C13H19ClN2O. The maximum absolute atomic E-state index is 11.9. The fraction of sp³-hybridized carbons (Fsp3) is 0.462. The van der Waals surface area contributed by atoms with Crippen molar-refractivity contribution in [3.05, 3.63) is 28.8 Å². The van der Waals surface area contributed by atoms with Gasteiger partial charge in [-0.2, -0.15) is 0 Å². The summed E-state index contributed by atoms with van der Waals surface area (Å²) in [6, 6.07) is 5.06. The number of nitrogens with one attached hydrogen (secondary N) is 1. The van der Waals surface area contributed by atoms with E-state index in [4.69, 9.17) is 17.3 Å². The molecule has 0 aromatic heterocycles. The molecule has 0 saturated heterocycles. The Hall–Kier alpha value is -1.22. The first kappa shape index (κ1) is 13.8. The molecule has 0 aliphatic rings. The number of benzene rings is 1. The number of halogens is 1. The second kappa shape index (κ2) is 5.41. The third-order valence-corrected chi connectivity index (χ3v) is 2.75. The quantitative estimate of drug-likeness (QED) is 0.815. The van der Waals surface area contributed by atoms with Crippen molar-refractivity contribution >= 4 is 23.2 Å². The Morgan fingerprint density at radius 3 is 2.59 bits per heavy atom. The number of hydrogen-bond acceptors (Lipinski definition) is 2. The summed E-state index contributed by atoms with van der Waals surface area (Å²) in [6.07, 6.45) is 0.906. The van der Waals surface area contributed by atoms with Crippen LogP contribution in [-0.2, 0) is 0 Å². The molecule has 1 aromatic carbocycles. The van der Waals surface area contributed by atoms with Crippen molar-refractivity contribution in [2.24, 2.45) is 5.41 Å². The van der Waals surface area contributed by atoms with Gasteiger partial charge in [0.25, 0.3) is 5.91 Å². The van der Waals surface area contributed by atoms with E-state index in [0.29, 0.717) is 22.8 Å². The van der Waals surface area contributed by atoms with E-state index in [0.717, 1.165) is 6.42 Å². The van der Waals surface area contributed by atoms with E-state index in [2.05, 4.69) is 26.1 Å². The molecule has 0 unspecified atom stereocenters. The molecule has 0 radical (unpaired) electrons. The lowest BCUT2D eigenvalue weighted by Crippen LogP contribution is -2.28. The van der Waals surface area contributed by atoms with Crippen LogP contribution < -0.4 is 11.1 Å². The van der Waals surface area contributed by atoms with Crippen LogP contribution in [0.25, 0.3) is 0 Å². The van der Waals surface area contributed by atoms with E-state index in [-0.39, 0.29) is 11.3 Å². The lowest BCUT2D eigenvalue weighted by Gasteiger charge is -2.18. The van der Waals surface area contributed by atoms with E-state index in [1.807, 2.05) is 0 Å². The van der Waals surface area contributed by atoms with Crippen molar-refractivity contribution in [2.75, 3.05) is 12.3 Å². The number of nitrogen functional groups attached to an aromatic ring is 1. The molecule has 3 N–H and O–H groups in total. The van der Waals surface area contributed by atoms with E-state index < -0.39 is 0 Å². The molecular weight excluding hydrogens is 236 g/mol. The summed E-state index contributed by atoms with van der Waals surface area (Å²) >= 11 is 5.95. The van der Waals surface area contributed by atoms with Gasteiger partial charge in [-0.25, -0.2) is 0 Å². The Morgan fingerprint density at radius 1 is 1.41 bits per heavy atom. The summed E-state index contributed by atoms with van der Waals surface area (Å²) < 4.78 is 0. The molecule has 0 aliphatic heterocycles. The van der Waals surface area contributed by atoms with Crippen molar-refractivity contribution in [1.82, 2.24) is 5.32 Å². The highest BCUT2D eigenvalue weighted by molar-refractivity contribution is 6.34. The third kappa shape index (κ3) is 4.27. The first-order valence-corrected chi connectivity index (χ1v) is 6.01. The van der Waals surface area contributed by atoms with Gasteiger partial charge in [0.05, 0.1) is 10.6 Å². The summed E-state index contributed by atoms with van der Waals surface area (Å²) in [5.41, 5.74) is 6.70. The van der Waals surface area contributed by atoms with Gasteiger partial charge < -0.3 is 11.1 Å². The number of nitrogens with two attached hydrogens (primary N) is 1. The average Bonchev–Trinajstić information content (AvgIpc) is 2.15. The standard InChI is InChI=1S/C13H19ClN2O/c1-13(2,3)7-8-16-12(17)11-9(14)5-4-6-10(11)15/h4-6H,7-8,15H2,1-3H3,(H,16,17). The summed E-state index contributed by atoms with van der Waals surface area (Å²) in [7, 11) is 0. The highest BCUT2D eigenvalue weighted by Crippen LogP contribution is 2.22. The largest absolute Gasteiger partial charge is 0.398 e. The van der Waals surface area contributed by atoms with Gasteiger partial charge in [0.15, 0.2) is 0 Å². The molecule has 1 aromatic rings. The van der Waals surface area contributed by atoms with E-state index in [1.54, 1.807) is 18.2 Å². The number of amides is 1. The Balaban J connectivity index is 2.65. The topological polar surface area (TPSA) is 55.1 Å². The summed E-state index contributed by atoms with van der Waals surface area (Å²) in [5.74, 6) is -0.211. The second-order valence-corrected chi connectivity index (χ2v) is 5.68. The molecule has 0 atom stereocenters. The normalized spacial score (nSPS) is 11.3. The predicted molar refractivity (Wildman–Crippen MR) is 72.3 cm³/mol. The van der Waals surface area contributed by atoms with Crippen LogP contribution >= 0.6 is 11.6 Å². The van der Waals surface area contributed by atoms with Crippen molar-refractivity contribution < 1.29 is 4.79 Å². The Labute approximate surface area is 107 Å². The molecule has 17 heavy (non-hydrogen) atoms. The zero-order valence-electron chi connectivity index (χ0n) is 10.5. The number of anilines is 1. The number of rotatable bonds is 3. The third-order valence-electron chi connectivity index (χ3n) is 2.43. The molecule has 94 valence electrons. The van der Waals surface area contributed by atoms with Crippen molar-refractivity contribution in [3.8, 4) is 0 Å². The van der Waals surface area contributed by atoms with Crippen LogP contribution in [0.1, 0.15) is 37.6 Å². The van der Waals surface area contributed by atoms with Crippen molar-refractivity contribution in [3.63, 3.8) is 0 Å². The van der Waals surface area contributed by atoms with E-state index in [1.165, 1.54) is 0 Å². The minimum absolute atomic E-state index is 0.194. The molecule has 0 saturated carbocycles. The highest BCUT2D eigenvalue weighted by Gasteiger charge is 2.15. The fourth-order valence-corrected chi connectivity index (χ4v) is 1.69. The van der Waals surface area contributed by atoms with Crippen LogP contribution in [0, 0.1) is 5.41 Å². The van der Waals surface area contributed by atoms with Crippen LogP contribution in [0.15, 0.2) is 18.2 Å². The lowest BCUT2D eigenvalue weighted by atomic mass is 9.92. The zero-order chi connectivity index (χ0) is 13.1. The number of carbonyl (C=O) groups is 1. The van der Waals surface area contributed by atoms with Crippen LogP contribution in [0.4, 0.5) is 5.69 Å². The molecule has 1 rings (SSSR count). The van der Waals surface area contributed by atoms with Gasteiger partial charge in [0, 0.05) is 12.2 Å². The molecule has 0 bridgehead atoms. The molecule has 1 amide bonds. The summed E-state index contributed by atoms with van der Waals surface area (Å²) in [4.78, 5) is 11.9. The van der Waals surface area contributed by atoms with Crippen LogP contribution in [0.5, 0.6) is 0 Å². The summed E-state index contributed by atoms with van der Waals surface area (Å²) in [6.45, 7) is 7.00. The minimum Gasteiger partial charge on any atom is -0.398 e. The first-order valence-electron chi connectivity index (χ1n) is 5.63. The van der Waals surface area contributed by atoms with Crippen molar-refractivity contribution in [2.45, 2.75) is 27.2 Å². The van der Waals surface area contributed by atoms with Gasteiger partial charge in [-0.3, -0.25) is 4.79 Å². The van der Waals surface area contributed by atoms with E-state index >= 15 is 0 Å². The molecule has 0 aliphatic carbocycles. The first-order chi connectivity index (χ1) is 7.81. The fourth-order valence-electron chi connectivity index (χ4n) is 1.42. The maximum atomic E-state index is 11.9. The lowest BCUT2D eigenvalue weighted by molar-refractivity contribution is 0.0950. The van der Waals surface area contributed by atoms with E-state index in [9.17, 15) is 4.79 Å². The van der Waals surface area contributed by atoms with Gasteiger partial charge in [0.1, 0.15) is 0 Å². The monoisotopic (exact) mass is 254 g/mol. The van der Waals surface area contributed by atoms with Crippen LogP contribution in [0.2, 0.25) is 5.02 Å². The van der Waals surface area contributed by atoms with Gasteiger partial charge >= 0.3 is 0 Å². The zero-order valence-corrected chi connectivity index (χ0v) is 11.3. The Bertz CT molecular complexity index is 390. The van der Waals surface area contributed by atoms with Crippen LogP contribution in [-0.4, -0.2) is 12.5 Å². The molecule has 3 nitrogen and oxygen atoms in total. The Kier molecular flexibility index (Phi) is 4.40. The summed E-state index contributed by atoms with van der Waals surface area (Å²) in [5, 5.41) is 3.22. The molecule has 4 heteroatoms. The smallest absolute Gasteiger partial charge is 0.254 e. The van der Waals surface area contributed by atoms with Crippen LogP contribution in [0.3, 0.4) is 0 Å². The predicted octanol–water partition coefficient (Wildman–Crippen LogP) is 3.09. The molecule has 0 fully saturated rings. The minimum atomic E-state index is -0.211. The van der Waals surface area contributed by atoms with Gasteiger partial charge in [-0.15, -0.1) is 0 Å². The second-order valence-electron chi connectivity index (χ2n) is 5.27. The van der Waals surface area contributed by atoms with Gasteiger partial charge in [-0.05, 0) is 24.0 Å². The average molecular weight is 255 g/mol. The SMILES string of the molecule is CC(C)(C)CCNC(=O)c1c(N)cccc1Cl. The highest BCUT2D eigenvalue weighted by atomic mass is 35.5. The maximum Gasteiger partial charge on any atom is 0.254 e. The number of hydrogen-bond donors (Lipinski definition) is 2. The number of carbonyl (C=O) groups excluding carboxylic acids is 1. The van der Waals surface area contributed by atoms with Gasteiger partial charge in [0.2, 0.25) is 0 Å². The Morgan fingerprint density at radius 2 is 2.06 bits per heavy atom. The van der Waals surface area contributed by atoms with Gasteiger partial charge in [-0.1, -0.05) is 38.4 Å².